The first-order valence-corrected chi connectivity index (χ1v) is 6.35. The third-order valence-corrected chi connectivity index (χ3v) is 3.91. The van der Waals surface area contributed by atoms with Gasteiger partial charge in [-0.25, -0.2) is 0 Å². The molecular formula is C15H17NO. The van der Waals surface area contributed by atoms with E-state index in [0.717, 1.165) is 13.0 Å². The smallest absolute Gasteiger partial charge is 0.158 e. The van der Waals surface area contributed by atoms with Crippen LogP contribution in [0.2, 0.25) is 0 Å². The Hall–Kier alpha value is -1.57. The van der Waals surface area contributed by atoms with Crippen LogP contribution in [0.25, 0.3) is 0 Å². The van der Waals surface area contributed by atoms with Crippen molar-refractivity contribution in [3.05, 3.63) is 42.5 Å². The third kappa shape index (κ3) is 1.78. The van der Waals surface area contributed by atoms with Gasteiger partial charge < -0.3 is 4.90 Å². The number of benzene rings is 1. The molecule has 1 unspecified atom stereocenters. The first kappa shape index (κ1) is 10.6. The summed E-state index contributed by atoms with van der Waals surface area (Å²) in [5, 5.41) is 0. The average Bonchev–Trinajstić information content (AvgIpc) is 2.73. The Morgan fingerprint density at radius 2 is 1.94 bits per heavy atom. The number of carbonyl (C=O) groups is 1. The number of piperidine rings is 1. The summed E-state index contributed by atoms with van der Waals surface area (Å²) >= 11 is 0. The van der Waals surface area contributed by atoms with E-state index in [2.05, 4.69) is 35.2 Å². The average molecular weight is 227 g/mol. The highest BCUT2D eigenvalue weighted by Crippen LogP contribution is 2.39. The van der Waals surface area contributed by atoms with Crippen molar-refractivity contribution in [1.29, 1.82) is 0 Å². The van der Waals surface area contributed by atoms with Crippen molar-refractivity contribution in [1.82, 2.24) is 0 Å². The molecule has 17 heavy (non-hydrogen) atoms. The second-order valence-corrected chi connectivity index (χ2v) is 5.02. The number of carbonyl (C=O) groups excluding carboxylic acids is 1. The van der Waals surface area contributed by atoms with Gasteiger partial charge in [-0.1, -0.05) is 24.3 Å². The van der Waals surface area contributed by atoms with Gasteiger partial charge in [0, 0.05) is 18.7 Å². The van der Waals surface area contributed by atoms with Crippen molar-refractivity contribution in [2.45, 2.75) is 31.2 Å². The van der Waals surface area contributed by atoms with Gasteiger partial charge in [0.25, 0.3) is 0 Å². The molecule has 88 valence electrons. The van der Waals surface area contributed by atoms with E-state index in [1.54, 1.807) is 6.08 Å². The van der Waals surface area contributed by atoms with Crippen molar-refractivity contribution >= 4 is 11.5 Å². The fourth-order valence-corrected chi connectivity index (χ4v) is 3.08. The zero-order chi connectivity index (χ0) is 11.7. The molecule has 2 aliphatic rings. The van der Waals surface area contributed by atoms with E-state index < -0.39 is 0 Å². The molecule has 0 saturated carbocycles. The predicted octanol–water partition coefficient (Wildman–Crippen LogP) is 2.94. The summed E-state index contributed by atoms with van der Waals surface area (Å²) in [6.07, 6.45) is 8.09. The monoisotopic (exact) mass is 227 g/mol. The van der Waals surface area contributed by atoms with Crippen LogP contribution in [0.3, 0.4) is 0 Å². The van der Waals surface area contributed by atoms with Crippen molar-refractivity contribution in [2.24, 2.45) is 0 Å². The van der Waals surface area contributed by atoms with Gasteiger partial charge in [-0.05, 0) is 37.5 Å². The van der Waals surface area contributed by atoms with E-state index in [4.69, 9.17) is 0 Å². The van der Waals surface area contributed by atoms with Gasteiger partial charge in [-0.2, -0.15) is 0 Å². The molecule has 2 nitrogen and oxygen atoms in total. The lowest BCUT2D eigenvalue weighted by Crippen LogP contribution is -2.50. The number of rotatable bonds is 1. The number of para-hydroxylation sites is 1. The molecule has 3 rings (SSSR count). The van der Waals surface area contributed by atoms with Gasteiger partial charge in [-0.15, -0.1) is 0 Å². The van der Waals surface area contributed by atoms with Crippen LogP contribution in [0.1, 0.15) is 25.7 Å². The Morgan fingerprint density at radius 3 is 2.65 bits per heavy atom. The molecule has 1 aliphatic carbocycles. The summed E-state index contributed by atoms with van der Waals surface area (Å²) in [4.78, 5) is 14.0. The Morgan fingerprint density at radius 1 is 1.12 bits per heavy atom. The lowest BCUT2D eigenvalue weighted by atomic mass is 9.85. The molecule has 0 bridgehead atoms. The number of ketones is 1. The summed E-state index contributed by atoms with van der Waals surface area (Å²) < 4.78 is 0. The van der Waals surface area contributed by atoms with Crippen LogP contribution in [0.4, 0.5) is 5.69 Å². The van der Waals surface area contributed by atoms with Crippen LogP contribution in [0.15, 0.2) is 42.5 Å². The van der Waals surface area contributed by atoms with E-state index in [1.807, 2.05) is 6.07 Å². The second kappa shape index (κ2) is 4.02. The summed E-state index contributed by atoms with van der Waals surface area (Å²) in [5.41, 5.74) is 1.21. The molecule has 1 aromatic rings. The molecule has 1 fully saturated rings. The maximum absolute atomic E-state index is 11.6. The number of nitrogens with zero attached hydrogens (tertiary/aromatic N) is 1. The molecule has 0 aromatic heterocycles. The standard InChI is InChI=1S/C15H17NO/c17-14-8-10-15(12-14)9-4-5-11-16(15)13-6-2-1-3-7-13/h1-3,6-8,10H,4-5,9,11-12H2. The number of hydrogen-bond acceptors (Lipinski definition) is 2. The maximum atomic E-state index is 11.6. The number of hydrogen-bond donors (Lipinski definition) is 0. The molecule has 2 heteroatoms. The van der Waals surface area contributed by atoms with Crippen molar-refractivity contribution in [3.63, 3.8) is 0 Å². The number of allylic oxidation sites excluding steroid dienone is 1. The molecule has 1 aromatic carbocycles. The summed E-state index contributed by atoms with van der Waals surface area (Å²) in [6, 6.07) is 10.5. The topological polar surface area (TPSA) is 20.3 Å². The lowest BCUT2D eigenvalue weighted by Gasteiger charge is -2.45. The molecule has 1 spiro atoms. The van der Waals surface area contributed by atoms with Gasteiger partial charge in [0.1, 0.15) is 0 Å². The summed E-state index contributed by atoms with van der Waals surface area (Å²) in [6.45, 7) is 1.06. The van der Waals surface area contributed by atoms with Crippen LogP contribution in [-0.4, -0.2) is 17.9 Å². The third-order valence-electron chi connectivity index (χ3n) is 3.91. The van der Waals surface area contributed by atoms with Gasteiger partial charge in [0.2, 0.25) is 0 Å². The minimum absolute atomic E-state index is 0.0311. The number of anilines is 1. The van der Waals surface area contributed by atoms with Crippen LogP contribution in [0.5, 0.6) is 0 Å². The van der Waals surface area contributed by atoms with Crippen LogP contribution in [-0.2, 0) is 4.79 Å². The molecule has 1 saturated heterocycles. The van der Waals surface area contributed by atoms with Gasteiger partial charge in [-0.3, -0.25) is 4.79 Å². The first-order chi connectivity index (χ1) is 8.30. The molecular weight excluding hydrogens is 210 g/mol. The zero-order valence-corrected chi connectivity index (χ0v) is 9.93. The normalized spacial score (nSPS) is 28.0. The van der Waals surface area contributed by atoms with E-state index in [1.165, 1.54) is 18.5 Å². The molecule has 0 amide bonds. The van der Waals surface area contributed by atoms with Crippen molar-refractivity contribution in [3.8, 4) is 0 Å². The van der Waals surface area contributed by atoms with Gasteiger partial charge in [0.05, 0.1) is 5.54 Å². The molecule has 0 N–H and O–H groups in total. The van der Waals surface area contributed by atoms with Crippen molar-refractivity contribution < 1.29 is 4.79 Å². The van der Waals surface area contributed by atoms with E-state index in [9.17, 15) is 4.79 Å². The molecule has 1 heterocycles. The minimum Gasteiger partial charge on any atom is -0.362 e. The lowest BCUT2D eigenvalue weighted by molar-refractivity contribution is -0.114. The van der Waals surface area contributed by atoms with Gasteiger partial charge >= 0.3 is 0 Å². The van der Waals surface area contributed by atoms with E-state index in [-0.39, 0.29) is 11.3 Å². The largest absolute Gasteiger partial charge is 0.362 e. The van der Waals surface area contributed by atoms with E-state index >= 15 is 0 Å². The summed E-state index contributed by atoms with van der Waals surface area (Å²) in [5.74, 6) is 0.271. The van der Waals surface area contributed by atoms with Gasteiger partial charge in [0.15, 0.2) is 5.78 Å². The van der Waals surface area contributed by atoms with Crippen LogP contribution < -0.4 is 4.90 Å². The molecule has 1 atom stereocenters. The SMILES string of the molecule is O=C1C=CC2(CCCCN2c2ccccc2)C1. The Bertz CT molecular complexity index is 451. The Kier molecular flexibility index (Phi) is 2.50. The fraction of sp³-hybridized carbons (Fsp3) is 0.400. The van der Waals surface area contributed by atoms with Crippen LogP contribution in [0, 0.1) is 0 Å². The minimum atomic E-state index is -0.0311. The van der Waals surface area contributed by atoms with Crippen LogP contribution >= 0.6 is 0 Å². The highest BCUT2D eigenvalue weighted by molar-refractivity contribution is 5.94. The van der Waals surface area contributed by atoms with E-state index in [0.29, 0.717) is 6.42 Å². The first-order valence-electron chi connectivity index (χ1n) is 6.35. The highest BCUT2D eigenvalue weighted by Gasteiger charge is 2.41. The molecule has 0 radical (unpaired) electrons. The summed E-state index contributed by atoms with van der Waals surface area (Å²) in [7, 11) is 0. The van der Waals surface area contributed by atoms with Crippen molar-refractivity contribution in [2.75, 3.05) is 11.4 Å². The predicted molar refractivity (Wildman–Crippen MR) is 69.1 cm³/mol. The Labute approximate surface area is 102 Å². The second-order valence-electron chi connectivity index (χ2n) is 5.02. The fourth-order valence-electron chi connectivity index (χ4n) is 3.08. The Balaban J connectivity index is 1.96. The highest BCUT2D eigenvalue weighted by atomic mass is 16.1. The maximum Gasteiger partial charge on any atom is 0.158 e. The zero-order valence-electron chi connectivity index (χ0n) is 9.93. The molecule has 1 aliphatic heterocycles. The quantitative estimate of drug-likeness (QED) is 0.735.